The summed E-state index contributed by atoms with van der Waals surface area (Å²) in [6.45, 7) is 1.12. The molecular formula is C22H23N3O4. The predicted molar refractivity (Wildman–Crippen MR) is 110 cm³/mol. The van der Waals surface area contributed by atoms with Crippen LogP contribution < -0.4 is 10.6 Å². The van der Waals surface area contributed by atoms with Gasteiger partial charge in [-0.05, 0) is 17.2 Å². The van der Waals surface area contributed by atoms with Gasteiger partial charge < -0.3 is 20.4 Å². The van der Waals surface area contributed by atoms with Crippen molar-refractivity contribution in [1.82, 2.24) is 15.6 Å². The molecule has 7 heteroatoms. The van der Waals surface area contributed by atoms with Crippen LogP contribution in [0.5, 0.6) is 0 Å². The lowest BCUT2D eigenvalue weighted by atomic mass is 9.98. The molecule has 2 aromatic carbocycles. The summed E-state index contributed by atoms with van der Waals surface area (Å²) in [4.78, 5) is 39.0. The van der Waals surface area contributed by atoms with Gasteiger partial charge in [0.2, 0.25) is 11.8 Å². The third-order valence-corrected chi connectivity index (χ3v) is 4.60. The topological polar surface area (TPSA) is 100 Å². The monoisotopic (exact) mass is 393 g/mol. The fourth-order valence-electron chi connectivity index (χ4n) is 3.25. The second-order valence-corrected chi connectivity index (χ2v) is 6.65. The highest BCUT2D eigenvalue weighted by atomic mass is 16.5. The number of nitrogens with one attached hydrogen (secondary N) is 3. The maximum atomic E-state index is 12.4. The Hall–Kier alpha value is -3.61. The van der Waals surface area contributed by atoms with Crippen LogP contribution in [0.15, 0.2) is 54.6 Å². The number of hydrogen-bond acceptors (Lipinski definition) is 4. The van der Waals surface area contributed by atoms with Crippen LogP contribution in [0.4, 0.5) is 0 Å². The van der Waals surface area contributed by atoms with Crippen LogP contribution in [-0.4, -0.2) is 42.5 Å². The minimum Gasteiger partial charge on any atom is -0.467 e. The number of aromatic amines is 1. The van der Waals surface area contributed by atoms with Crippen molar-refractivity contribution in [3.05, 3.63) is 60.2 Å². The normalized spacial score (nSPS) is 11.7. The Balaban J connectivity index is 1.95. The molecule has 0 aliphatic carbocycles. The summed E-state index contributed by atoms with van der Waals surface area (Å²) < 4.78 is 4.89. The van der Waals surface area contributed by atoms with Gasteiger partial charge in [0.1, 0.15) is 6.04 Å². The zero-order valence-electron chi connectivity index (χ0n) is 16.3. The van der Waals surface area contributed by atoms with E-state index in [0.717, 1.165) is 27.7 Å². The lowest BCUT2D eigenvalue weighted by molar-refractivity contribution is -0.144. The Bertz CT molecular complexity index is 1030. The van der Waals surface area contributed by atoms with Crippen molar-refractivity contribution < 1.29 is 19.1 Å². The molecule has 0 saturated carbocycles. The number of benzene rings is 2. The number of aromatic nitrogens is 1. The van der Waals surface area contributed by atoms with E-state index in [2.05, 4.69) is 15.6 Å². The van der Waals surface area contributed by atoms with Gasteiger partial charge in [0.25, 0.3) is 0 Å². The van der Waals surface area contributed by atoms with Gasteiger partial charge in [-0.25, -0.2) is 4.79 Å². The first kappa shape index (κ1) is 20.1. The molecule has 29 heavy (non-hydrogen) atoms. The van der Waals surface area contributed by atoms with E-state index < -0.39 is 17.9 Å². The average Bonchev–Trinajstić information content (AvgIpc) is 3.10. The number of rotatable bonds is 7. The van der Waals surface area contributed by atoms with Crippen molar-refractivity contribution in [3.63, 3.8) is 0 Å². The number of carbonyl (C=O) groups is 3. The van der Waals surface area contributed by atoms with Crippen LogP contribution >= 0.6 is 0 Å². The van der Waals surface area contributed by atoms with Gasteiger partial charge in [-0.1, -0.05) is 48.5 Å². The first-order valence-electron chi connectivity index (χ1n) is 9.26. The first-order valence-corrected chi connectivity index (χ1v) is 9.26. The Kier molecular flexibility index (Phi) is 6.29. The van der Waals surface area contributed by atoms with Crippen molar-refractivity contribution in [1.29, 1.82) is 0 Å². The van der Waals surface area contributed by atoms with Crippen molar-refractivity contribution >= 4 is 28.7 Å². The number of para-hydroxylation sites is 1. The minimum absolute atomic E-state index is 0.206. The van der Waals surface area contributed by atoms with Gasteiger partial charge in [0, 0.05) is 29.9 Å². The number of methoxy groups -OCH3 is 1. The third kappa shape index (κ3) is 4.82. The van der Waals surface area contributed by atoms with E-state index in [1.807, 2.05) is 54.6 Å². The highest BCUT2D eigenvalue weighted by molar-refractivity contribution is 5.93. The van der Waals surface area contributed by atoms with Crippen LogP contribution in [-0.2, 0) is 25.5 Å². The molecule has 3 N–H and O–H groups in total. The number of amides is 2. The second-order valence-electron chi connectivity index (χ2n) is 6.65. The molecule has 0 bridgehead atoms. The second kappa shape index (κ2) is 9.05. The van der Waals surface area contributed by atoms with Gasteiger partial charge in [-0.3, -0.25) is 9.59 Å². The summed E-state index contributed by atoms with van der Waals surface area (Å²) in [5.41, 5.74) is 3.71. The van der Waals surface area contributed by atoms with E-state index in [0.29, 0.717) is 0 Å². The first-order chi connectivity index (χ1) is 14.0. The van der Waals surface area contributed by atoms with Gasteiger partial charge in [0.05, 0.1) is 13.7 Å². The molecule has 3 aromatic rings. The van der Waals surface area contributed by atoms with Gasteiger partial charge in [-0.2, -0.15) is 0 Å². The number of H-pyrrole nitrogens is 1. The van der Waals surface area contributed by atoms with Crippen molar-refractivity contribution in [3.8, 4) is 11.3 Å². The summed E-state index contributed by atoms with van der Waals surface area (Å²) in [6, 6.07) is 16.7. The van der Waals surface area contributed by atoms with E-state index in [4.69, 9.17) is 4.74 Å². The van der Waals surface area contributed by atoms with Gasteiger partial charge >= 0.3 is 5.97 Å². The molecule has 0 aliphatic rings. The van der Waals surface area contributed by atoms with Crippen LogP contribution in [0.1, 0.15) is 12.5 Å². The van der Waals surface area contributed by atoms with E-state index >= 15 is 0 Å². The molecule has 0 saturated heterocycles. The van der Waals surface area contributed by atoms with Crippen LogP contribution in [0, 0.1) is 0 Å². The number of hydrogen-bond donors (Lipinski definition) is 3. The van der Waals surface area contributed by atoms with E-state index in [1.54, 1.807) is 0 Å². The summed E-state index contributed by atoms with van der Waals surface area (Å²) >= 11 is 0. The number of carbonyl (C=O) groups excluding carboxylic acids is 3. The summed E-state index contributed by atoms with van der Waals surface area (Å²) in [5, 5.41) is 6.06. The number of esters is 1. The Labute approximate surface area is 168 Å². The van der Waals surface area contributed by atoms with Crippen molar-refractivity contribution in [2.75, 3.05) is 13.7 Å². The summed E-state index contributed by atoms with van der Waals surface area (Å²) in [6.07, 6.45) is 0.243. The lowest BCUT2D eigenvalue weighted by Gasteiger charge is -2.17. The maximum absolute atomic E-state index is 12.4. The van der Waals surface area contributed by atoms with Crippen molar-refractivity contribution in [2.45, 2.75) is 19.4 Å². The molecule has 1 heterocycles. The Morgan fingerprint density at radius 1 is 1.03 bits per heavy atom. The molecule has 0 spiro atoms. The molecule has 150 valence electrons. The maximum Gasteiger partial charge on any atom is 0.328 e. The lowest BCUT2D eigenvalue weighted by Crippen LogP contribution is -2.46. The minimum atomic E-state index is -0.886. The fraction of sp³-hybridized carbons (Fsp3) is 0.227. The molecule has 2 amide bonds. The molecule has 1 atom stereocenters. The molecule has 7 nitrogen and oxygen atoms in total. The van der Waals surface area contributed by atoms with E-state index in [-0.39, 0.29) is 18.9 Å². The molecule has 1 aromatic heterocycles. The Morgan fingerprint density at radius 3 is 2.41 bits per heavy atom. The molecular weight excluding hydrogens is 370 g/mol. The highest BCUT2D eigenvalue weighted by Gasteiger charge is 2.25. The SMILES string of the molecule is COC(=O)[C@H](Cc1c(-c2ccccc2)[nH]c2ccccc12)NC(=O)CNC(C)=O. The molecule has 0 fully saturated rings. The largest absolute Gasteiger partial charge is 0.467 e. The molecule has 3 rings (SSSR count). The smallest absolute Gasteiger partial charge is 0.328 e. The zero-order chi connectivity index (χ0) is 20.8. The van der Waals surface area contributed by atoms with Crippen LogP contribution in [0.2, 0.25) is 0 Å². The van der Waals surface area contributed by atoms with Gasteiger partial charge in [-0.15, -0.1) is 0 Å². The number of ether oxygens (including phenoxy) is 1. The molecule has 0 unspecified atom stereocenters. The van der Waals surface area contributed by atoms with Gasteiger partial charge in [0.15, 0.2) is 0 Å². The summed E-state index contributed by atoms with van der Waals surface area (Å²) in [7, 11) is 1.28. The summed E-state index contributed by atoms with van der Waals surface area (Å²) in [5.74, 6) is -1.33. The quantitative estimate of drug-likeness (QED) is 0.536. The Morgan fingerprint density at radius 2 is 1.72 bits per heavy atom. The standard InChI is InChI=1S/C22H23N3O4/c1-14(26)23-13-20(27)24-19(22(28)29-2)12-17-16-10-6-7-11-18(16)25-21(17)15-8-4-3-5-9-15/h3-11,19,25H,12-13H2,1-2H3,(H,23,26)(H,24,27)/t19-/m0/s1. The number of fused-ring (bicyclic) bond motifs is 1. The van der Waals surface area contributed by atoms with Crippen LogP contribution in [0.25, 0.3) is 22.2 Å². The molecule has 0 radical (unpaired) electrons. The van der Waals surface area contributed by atoms with Crippen LogP contribution in [0.3, 0.4) is 0 Å². The highest BCUT2D eigenvalue weighted by Crippen LogP contribution is 2.31. The third-order valence-electron chi connectivity index (χ3n) is 4.60. The predicted octanol–water partition coefficient (Wildman–Crippen LogP) is 2.17. The molecule has 0 aliphatic heterocycles. The van der Waals surface area contributed by atoms with E-state index in [9.17, 15) is 14.4 Å². The average molecular weight is 393 g/mol. The van der Waals surface area contributed by atoms with E-state index in [1.165, 1.54) is 14.0 Å². The fourth-order valence-corrected chi connectivity index (χ4v) is 3.25. The van der Waals surface area contributed by atoms with Crippen molar-refractivity contribution in [2.24, 2.45) is 0 Å². The zero-order valence-corrected chi connectivity index (χ0v) is 16.3.